The highest BCUT2D eigenvalue weighted by Gasteiger charge is 2.29. The van der Waals surface area contributed by atoms with E-state index in [-0.39, 0.29) is 0 Å². The van der Waals surface area contributed by atoms with Crippen molar-refractivity contribution in [3.8, 4) is 62.2 Å². The summed E-state index contributed by atoms with van der Waals surface area (Å²) in [6.07, 6.45) is 0. The average molecular weight is 671 g/mol. The van der Waals surface area contributed by atoms with E-state index in [4.69, 9.17) is 15.0 Å². The second kappa shape index (κ2) is 11.9. The van der Waals surface area contributed by atoms with Crippen LogP contribution in [0.5, 0.6) is 0 Å². The third-order valence-electron chi connectivity index (χ3n) is 9.76. The summed E-state index contributed by atoms with van der Waals surface area (Å²) in [6, 6.07) is 57.8. The zero-order chi connectivity index (χ0) is 33.9. The summed E-state index contributed by atoms with van der Waals surface area (Å²) in [5.41, 5.74) is 11.2. The van der Waals surface area contributed by atoms with Crippen LogP contribution in [-0.4, -0.2) is 19.5 Å². The molecule has 3 heterocycles. The van der Waals surface area contributed by atoms with Crippen LogP contribution in [-0.2, 0) is 0 Å². The van der Waals surface area contributed by atoms with Gasteiger partial charge < -0.3 is 4.57 Å². The maximum absolute atomic E-state index is 5.08. The fourth-order valence-corrected chi connectivity index (χ4v) is 8.55. The standard InChI is InChI=1S/C46H30N4S/c1-29-14-12-19-30-26-27-37-41-35-22-8-10-24-38(35)51-39-25-11-9-23-36(39)42(41)50(43(37)40(29)30)34-21-13-20-33(28-34)46-48-44(31-15-4-2-5-16-31)47-45(49-46)32-17-6-3-7-18-32/h2-28H,1H3. The van der Waals surface area contributed by atoms with Gasteiger partial charge in [-0.1, -0.05) is 151 Å². The Labute approximate surface area is 300 Å². The number of rotatable bonds is 4. The number of nitrogens with zero attached hydrogens (tertiary/aromatic N) is 4. The normalized spacial score (nSPS) is 11.9. The highest BCUT2D eigenvalue weighted by Crippen LogP contribution is 2.53. The number of fused-ring (bicyclic) bond motifs is 9. The molecular formula is C46H30N4S. The monoisotopic (exact) mass is 670 g/mol. The Bertz CT molecular complexity index is 2730. The van der Waals surface area contributed by atoms with Gasteiger partial charge in [-0.2, -0.15) is 0 Å². The van der Waals surface area contributed by atoms with Gasteiger partial charge in [0.15, 0.2) is 17.5 Å². The molecule has 0 unspecified atom stereocenters. The number of aryl methyl sites for hydroxylation is 1. The van der Waals surface area contributed by atoms with Gasteiger partial charge in [0.2, 0.25) is 0 Å². The van der Waals surface area contributed by atoms with Crippen molar-refractivity contribution >= 4 is 33.4 Å². The molecule has 0 N–H and O–H groups in total. The first-order chi connectivity index (χ1) is 25.2. The topological polar surface area (TPSA) is 43.6 Å². The van der Waals surface area contributed by atoms with Crippen molar-refractivity contribution in [3.05, 3.63) is 169 Å². The lowest BCUT2D eigenvalue weighted by atomic mass is 9.96. The molecule has 0 saturated carbocycles. The zero-order valence-corrected chi connectivity index (χ0v) is 28.6. The molecule has 0 atom stereocenters. The lowest BCUT2D eigenvalue weighted by Gasteiger charge is -2.16. The Kier molecular flexibility index (Phi) is 6.93. The molecule has 9 aromatic rings. The van der Waals surface area contributed by atoms with E-state index in [1.54, 1.807) is 0 Å². The molecule has 240 valence electrons. The predicted molar refractivity (Wildman–Crippen MR) is 210 cm³/mol. The summed E-state index contributed by atoms with van der Waals surface area (Å²) in [4.78, 5) is 17.6. The summed E-state index contributed by atoms with van der Waals surface area (Å²) in [5, 5.41) is 3.72. The Morgan fingerprint density at radius 2 is 1.06 bits per heavy atom. The van der Waals surface area contributed by atoms with Crippen molar-refractivity contribution in [2.24, 2.45) is 0 Å². The van der Waals surface area contributed by atoms with Crippen molar-refractivity contribution in [1.82, 2.24) is 19.5 Å². The molecule has 2 aromatic heterocycles. The second-order valence-electron chi connectivity index (χ2n) is 12.9. The number of hydrogen-bond donors (Lipinski definition) is 0. The van der Waals surface area contributed by atoms with Crippen LogP contribution in [0.3, 0.4) is 0 Å². The smallest absolute Gasteiger partial charge is 0.164 e. The van der Waals surface area contributed by atoms with Gasteiger partial charge >= 0.3 is 0 Å². The first-order valence-electron chi connectivity index (χ1n) is 17.1. The molecule has 0 fully saturated rings. The van der Waals surface area contributed by atoms with Crippen LogP contribution in [0.4, 0.5) is 0 Å². The van der Waals surface area contributed by atoms with Crippen molar-refractivity contribution in [3.63, 3.8) is 0 Å². The van der Waals surface area contributed by atoms with Crippen LogP contribution in [0.15, 0.2) is 174 Å². The maximum atomic E-state index is 5.08. The molecule has 5 heteroatoms. The van der Waals surface area contributed by atoms with Crippen LogP contribution in [0, 0.1) is 6.92 Å². The fraction of sp³-hybridized carbons (Fsp3) is 0.0217. The Morgan fingerprint density at radius 1 is 0.490 bits per heavy atom. The predicted octanol–water partition coefficient (Wildman–Crippen LogP) is 12.1. The summed E-state index contributed by atoms with van der Waals surface area (Å²) in [7, 11) is 0. The van der Waals surface area contributed by atoms with Gasteiger partial charge in [0.05, 0.1) is 11.2 Å². The van der Waals surface area contributed by atoms with E-state index in [0.29, 0.717) is 17.5 Å². The Hall–Kier alpha value is -6.30. The minimum atomic E-state index is 0.634. The second-order valence-corrected chi connectivity index (χ2v) is 14.0. The van der Waals surface area contributed by atoms with Gasteiger partial charge in [0.25, 0.3) is 0 Å². The zero-order valence-electron chi connectivity index (χ0n) is 27.8. The van der Waals surface area contributed by atoms with Crippen LogP contribution in [0.2, 0.25) is 0 Å². The molecule has 10 rings (SSSR count). The molecule has 7 aromatic carbocycles. The van der Waals surface area contributed by atoms with Crippen LogP contribution < -0.4 is 0 Å². The molecule has 1 aliphatic rings. The molecule has 0 saturated heterocycles. The molecule has 51 heavy (non-hydrogen) atoms. The molecule has 0 aliphatic carbocycles. The number of benzene rings is 7. The van der Waals surface area contributed by atoms with E-state index in [1.165, 1.54) is 59.4 Å². The lowest BCUT2D eigenvalue weighted by molar-refractivity contribution is 1.07. The summed E-state index contributed by atoms with van der Waals surface area (Å²) in [6.45, 7) is 2.22. The first kappa shape index (κ1) is 29.6. The number of hydrogen-bond acceptors (Lipinski definition) is 4. The van der Waals surface area contributed by atoms with Gasteiger partial charge in [0, 0.05) is 54.1 Å². The molecule has 4 nitrogen and oxygen atoms in total. The fourth-order valence-electron chi connectivity index (χ4n) is 7.46. The van der Waals surface area contributed by atoms with Crippen LogP contribution >= 0.6 is 11.8 Å². The van der Waals surface area contributed by atoms with Crippen LogP contribution in [0.25, 0.3) is 83.9 Å². The van der Waals surface area contributed by atoms with Crippen LogP contribution in [0.1, 0.15) is 5.56 Å². The van der Waals surface area contributed by atoms with Crippen molar-refractivity contribution in [2.75, 3.05) is 0 Å². The van der Waals surface area contributed by atoms with Gasteiger partial charge in [-0.25, -0.2) is 15.0 Å². The van der Waals surface area contributed by atoms with E-state index in [9.17, 15) is 0 Å². The van der Waals surface area contributed by atoms with E-state index in [0.717, 1.165) is 22.4 Å². The van der Waals surface area contributed by atoms with E-state index >= 15 is 0 Å². The maximum Gasteiger partial charge on any atom is 0.164 e. The van der Waals surface area contributed by atoms with Gasteiger partial charge in [-0.15, -0.1) is 0 Å². The first-order valence-corrected chi connectivity index (χ1v) is 17.9. The molecule has 0 spiro atoms. The molecule has 0 bridgehead atoms. The molecule has 0 radical (unpaired) electrons. The van der Waals surface area contributed by atoms with Crippen molar-refractivity contribution in [2.45, 2.75) is 16.7 Å². The Balaban J connectivity index is 1.29. The minimum absolute atomic E-state index is 0.634. The van der Waals surface area contributed by atoms with Gasteiger partial charge in [-0.05, 0) is 47.7 Å². The summed E-state index contributed by atoms with van der Waals surface area (Å²) >= 11 is 1.84. The van der Waals surface area contributed by atoms with Crippen molar-refractivity contribution in [1.29, 1.82) is 0 Å². The summed E-state index contributed by atoms with van der Waals surface area (Å²) in [5.74, 6) is 1.93. The largest absolute Gasteiger partial charge is 0.308 e. The average Bonchev–Trinajstić information content (AvgIpc) is 3.46. The SMILES string of the molecule is Cc1cccc2ccc3c4c(n(-c5cccc(-c6nc(-c7ccccc7)nc(-c7ccccc7)n6)c5)c3c12)-c1ccccc1Sc1ccccc1-4. The Morgan fingerprint density at radius 3 is 1.76 bits per heavy atom. The third-order valence-corrected chi connectivity index (χ3v) is 10.9. The van der Waals surface area contributed by atoms with Gasteiger partial charge in [0.1, 0.15) is 0 Å². The molecule has 0 amide bonds. The number of aromatic nitrogens is 4. The van der Waals surface area contributed by atoms with E-state index in [1.807, 2.05) is 72.4 Å². The quantitative estimate of drug-likeness (QED) is 0.187. The summed E-state index contributed by atoms with van der Waals surface area (Å²) < 4.78 is 2.49. The highest BCUT2D eigenvalue weighted by molar-refractivity contribution is 7.99. The highest BCUT2D eigenvalue weighted by atomic mass is 32.2. The molecular weight excluding hydrogens is 641 g/mol. The third kappa shape index (κ3) is 4.89. The van der Waals surface area contributed by atoms with Crippen molar-refractivity contribution < 1.29 is 0 Å². The van der Waals surface area contributed by atoms with E-state index in [2.05, 4.69) is 115 Å². The minimum Gasteiger partial charge on any atom is -0.308 e. The van der Waals surface area contributed by atoms with Gasteiger partial charge in [-0.3, -0.25) is 0 Å². The lowest BCUT2D eigenvalue weighted by Crippen LogP contribution is -2.02. The molecule has 1 aliphatic heterocycles. The van der Waals surface area contributed by atoms with E-state index < -0.39 is 0 Å².